The zero-order chi connectivity index (χ0) is 23.6. The fraction of sp³-hybridized carbons (Fsp3) is 0.118. The van der Waals surface area contributed by atoms with Crippen LogP contribution in [0.2, 0.25) is 0 Å². The van der Waals surface area contributed by atoms with Crippen molar-refractivity contribution in [1.29, 1.82) is 0 Å². The zero-order valence-corrected chi connectivity index (χ0v) is 32.2. The number of hydrogen-bond acceptors (Lipinski definition) is 3. The van der Waals surface area contributed by atoms with E-state index in [0.29, 0.717) is 4.60 Å². The molecular weight excluding hydrogens is 1130 g/mol. The van der Waals surface area contributed by atoms with Crippen LogP contribution >= 0.6 is 175 Å². The smallest absolute Gasteiger partial charge is 0.132 e. The van der Waals surface area contributed by atoms with Crippen LogP contribution in [0.4, 0.5) is 0 Å². The summed E-state index contributed by atoms with van der Waals surface area (Å²) in [5, 5.41) is 10.3. The fourth-order valence-corrected chi connectivity index (χ4v) is 10.1. The molecule has 0 amide bonds. The van der Waals surface area contributed by atoms with Gasteiger partial charge in [0.2, 0.25) is 0 Å². The van der Waals surface area contributed by atoms with Crippen molar-refractivity contribution >= 4 is 175 Å². The van der Waals surface area contributed by atoms with Gasteiger partial charge in [0.05, 0.1) is 6.20 Å². The number of nitrogens with zero attached hydrogens (tertiary/aromatic N) is 3. The van der Waals surface area contributed by atoms with Gasteiger partial charge in [0.15, 0.2) is 0 Å². The number of hydrogen-bond donors (Lipinski definition) is 0. The highest BCUT2D eigenvalue weighted by atomic mass is 79.9. The van der Waals surface area contributed by atoms with Gasteiger partial charge >= 0.3 is 0 Å². The first kappa shape index (κ1) is 30.0. The highest BCUT2D eigenvalue weighted by molar-refractivity contribution is 9.16. The Morgan fingerprint density at radius 2 is 0.871 bits per heavy atom. The van der Waals surface area contributed by atoms with Gasteiger partial charge in [-0.3, -0.25) is 0 Å². The molecule has 0 atom stereocenters. The molecule has 14 heteroatoms. The molecule has 3 nitrogen and oxygen atoms in total. The summed E-state index contributed by atoms with van der Waals surface area (Å²) in [4.78, 5) is 0. The minimum Gasteiger partial charge on any atom is -0.139 e. The molecule has 0 aliphatic carbocycles. The Bertz CT molecular complexity index is 995. The van der Waals surface area contributed by atoms with Crippen molar-refractivity contribution in [2.45, 2.75) is 12.8 Å². The van der Waals surface area contributed by atoms with E-state index in [1.54, 1.807) is 12.3 Å². The molecule has 3 rings (SSSR count). The van der Waals surface area contributed by atoms with E-state index in [-0.39, 0.29) is 5.92 Å². The average molecular weight is 1130 g/mol. The molecule has 0 aliphatic heterocycles. The third kappa shape index (κ3) is 6.94. The van der Waals surface area contributed by atoms with E-state index in [0.717, 1.165) is 55.9 Å². The van der Waals surface area contributed by atoms with Crippen LogP contribution in [0.1, 0.15) is 24.0 Å². The van der Waals surface area contributed by atoms with Crippen LogP contribution in [0.15, 0.2) is 61.6 Å². The van der Waals surface area contributed by atoms with Crippen molar-refractivity contribution in [2.24, 2.45) is 0 Å². The lowest BCUT2D eigenvalue weighted by atomic mass is 9.93. The molecule has 0 bridgehead atoms. The standard InChI is InChI=1S/C14H4Br10.C3H2BrN3/c1-2(3-5(15)9(19)13(23)10(20)6(3)16)4-7(17)11(21)14(24)12(22)8(4)18;4-3-1-2-5-7-6-3/h2H,1H3;1-2H. The van der Waals surface area contributed by atoms with Crippen molar-refractivity contribution in [1.82, 2.24) is 15.4 Å². The summed E-state index contributed by atoms with van der Waals surface area (Å²) in [7, 11) is 0. The Morgan fingerprint density at radius 1 is 0.548 bits per heavy atom. The molecule has 2 aromatic carbocycles. The number of benzene rings is 2. The van der Waals surface area contributed by atoms with Crippen LogP contribution in [0.25, 0.3) is 0 Å². The normalized spacial score (nSPS) is 10.9. The highest BCUT2D eigenvalue weighted by Gasteiger charge is 2.28. The summed E-state index contributed by atoms with van der Waals surface area (Å²) in [5.41, 5.74) is 2.25. The molecule has 3 aromatic rings. The van der Waals surface area contributed by atoms with Crippen LogP contribution in [0, 0.1) is 0 Å². The van der Waals surface area contributed by atoms with Crippen molar-refractivity contribution in [3.63, 3.8) is 0 Å². The molecule has 0 saturated heterocycles. The number of aromatic nitrogens is 3. The van der Waals surface area contributed by atoms with Crippen LogP contribution in [-0.4, -0.2) is 15.4 Å². The zero-order valence-electron chi connectivity index (χ0n) is 14.7. The lowest BCUT2D eigenvalue weighted by Crippen LogP contribution is -2.04. The van der Waals surface area contributed by atoms with Crippen molar-refractivity contribution in [2.75, 3.05) is 0 Å². The molecule has 0 unspecified atom stereocenters. The topological polar surface area (TPSA) is 38.7 Å². The summed E-state index contributed by atoms with van der Waals surface area (Å²) < 4.78 is 10.4. The maximum Gasteiger partial charge on any atom is 0.132 e. The lowest BCUT2D eigenvalue weighted by molar-refractivity contribution is 0.849. The van der Waals surface area contributed by atoms with Gasteiger partial charge in [0.25, 0.3) is 0 Å². The van der Waals surface area contributed by atoms with Crippen molar-refractivity contribution in [3.05, 3.63) is 72.7 Å². The molecule has 31 heavy (non-hydrogen) atoms. The Morgan fingerprint density at radius 3 is 1.10 bits per heavy atom. The Balaban J connectivity index is 0.000000412. The van der Waals surface area contributed by atoms with E-state index in [4.69, 9.17) is 0 Å². The minimum absolute atomic E-state index is 0.0823. The molecule has 0 fully saturated rings. The van der Waals surface area contributed by atoms with Crippen LogP contribution in [-0.2, 0) is 0 Å². The maximum atomic E-state index is 3.72. The second-order valence-corrected chi connectivity index (χ2v) is 14.4. The van der Waals surface area contributed by atoms with E-state index in [1.807, 2.05) is 0 Å². The maximum absolute atomic E-state index is 3.72. The molecule has 166 valence electrons. The van der Waals surface area contributed by atoms with Crippen molar-refractivity contribution in [3.8, 4) is 0 Å². The van der Waals surface area contributed by atoms with Crippen LogP contribution < -0.4 is 0 Å². The van der Waals surface area contributed by atoms with Gasteiger partial charge in [0.1, 0.15) is 4.60 Å². The van der Waals surface area contributed by atoms with E-state index in [9.17, 15) is 0 Å². The van der Waals surface area contributed by atoms with Crippen molar-refractivity contribution < 1.29 is 0 Å². The first-order valence-electron chi connectivity index (χ1n) is 7.74. The summed E-state index contributed by atoms with van der Waals surface area (Å²) in [6, 6.07) is 1.72. The molecule has 1 aromatic heterocycles. The molecule has 0 spiro atoms. The lowest BCUT2D eigenvalue weighted by Gasteiger charge is -2.23. The van der Waals surface area contributed by atoms with Gasteiger partial charge in [-0.25, -0.2) is 0 Å². The summed E-state index contributed by atoms with van der Waals surface area (Å²) >= 11 is 39.7. The van der Waals surface area contributed by atoms with E-state index < -0.39 is 0 Å². The minimum atomic E-state index is 0.0823. The van der Waals surface area contributed by atoms with Gasteiger partial charge in [0, 0.05) is 50.6 Å². The largest absolute Gasteiger partial charge is 0.139 e. The van der Waals surface area contributed by atoms with Gasteiger partial charge in [-0.2, -0.15) is 0 Å². The Labute approximate surface area is 271 Å². The van der Waals surface area contributed by atoms with Gasteiger partial charge in [-0.05, 0) is 198 Å². The van der Waals surface area contributed by atoms with E-state index >= 15 is 0 Å². The summed E-state index contributed by atoms with van der Waals surface area (Å²) in [6.07, 6.45) is 1.57. The second-order valence-electron chi connectivity index (χ2n) is 5.63. The fourth-order valence-electron chi connectivity index (χ4n) is 2.37. The molecule has 0 saturated carbocycles. The van der Waals surface area contributed by atoms with Gasteiger partial charge in [-0.15, -0.1) is 10.2 Å². The third-order valence-electron chi connectivity index (χ3n) is 3.82. The Kier molecular flexibility index (Phi) is 12.9. The highest BCUT2D eigenvalue weighted by Crippen LogP contribution is 2.53. The first-order valence-corrected chi connectivity index (χ1v) is 16.5. The quantitative estimate of drug-likeness (QED) is 0.190. The molecule has 0 aliphatic rings. The molecule has 0 radical (unpaired) electrons. The third-order valence-corrected chi connectivity index (χ3v) is 16.6. The summed E-state index contributed by atoms with van der Waals surface area (Å²) in [5.74, 6) is 0.0823. The van der Waals surface area contributed by atoms with Gasteiger partial charge < -0.3 is 0 Å². The number of halogens is 11. The first-order chi connectivity index (χ1) is 14.4. The molecular formula is C17H6Br11N3. The van der Waals surface area contributed by atoms with Gasteiger partial charge in [-0.1, -0.05) is 6.92 Å². The van der Waals surface area contributed by atoms with Crippen LogP contribution in [0.3, 0.4) is 0 Å². The van der Waals surface area contributed by atoms with Crippen LogP contribution in [0.5, 0.6) is 0 Å². The predicted molar refractivity (Wildman–Crippen MR) is 165 cm³/mol. The second kappa shape index (κ2) is 13.3. The SMILES string of the molecule is Brc1ccnnn1.CC(c1c(Br)c(Br)c(Br)c(Br)c1Br)c1c(Br)c(Br)c(Br)c(Br)c1Br. The molecule has 1 heterocycles. The van der Waals surface area contributed by atoms with E-state index in [1.165, 1.54) is 0 Å². The predicted octanol–water partition coefficient (Wildman–Crippen LogP) is 12.1. The molecule has 0 N–H and O–H groups in total. The Hall–Kier alpha value is 2.73. The summed E-state index contributed by atoms with van der Waals surface area (Å²) in [6.45, 7) is 2.16. The number of rotatable bonds is 2. The average Bonchev–Trinajstić information content (AvgIpc) is 2.75. The monoisotopic (exact) mass is 1120 g/mol. The van der Waals surface area contributed by atoms with E-state index in [2.05, 4.69) is 198 Å².